The second kappa shape index (κ2) is 5.19. The van der Waals surface area contributed by atoms with Crippen LogP contribution >= 0.6 is 0 Å². The number of nitrogens with one attached hydrogen (secondary N) is 1. The number of alkyl halides is 3. The van der Waals surface area contributed by atoms with Crippen molar-refractivity contribution in [1.82, 2.24) is 9.97 Å². The first kappa shape index (κ1) is 14.2. The number of amidine groups is 1. The molecule has 0 amide bonds. The van der Waals surface area contributed by atoms with Crippen molar-refractivity contribution < 1.29 is 13.2 Å². The Morgan fingerprint density at radius 2 is 2.17 bits per heavy atom. The zero-order chi connectivity index (χ0) is 13.9. The van der Waals surface area contributed by atoms with Crippen LogP contribution in [0.1, 0.15) is 12.6 Å². The van der Waals surface area contributed by atoms with E-state index in [1.807, 2.05) is 0 Å². The number of nitrogens with two attached hydrogens (primary N) is 1. The van der Waals surface area contributed by atoms with Crippen LogP contribution in [0.3, 0.4) is 0 Å². The van der Waals surface area contributed by atoms with Crippen LogP contribution in [0, 0.1) is 11.3 Å². The Morgan fingerprint density at radius 3 is 2.67 bits per heavy atom. The van der Waals surface area contributed by atoms with Gasteiger partial charge in [-0.05, 0) is 6.07 Å². The van der Waals surface area contributed by atoms with Gasteiger partial charge >= 0.3 is 6.18 Å². The number of halogens is 3. The van der Waals surface area contributed by atoms with E-state index < -0.39 is 11.9 Å². The minimum atomic E-state index is -4.50. The highest BCUT2D eigenvalue weighted by Gasteiger charge is 2.33. The van der Waals surface area contributed by atoms with E-state index in [0.717, 1.165) is 12.3 Å². The Kier molecular flexibility index (Phi) is 4.10. The summed E-state index contributed by atoms with van der Waals surface area (Å²) in [6.07, 6.45) is -3.44. The highest BCUT2D eigenvalue weighted by Crippen LogP contribution is 2.27. The summed E-state index contributed by atoms with van der Waals surface area (Å²) in [7, 11) is 1.55. The van der Waals surface area contributed by atoms with E-state index >= 15 is 0 Å². The molecule has 0 saturated carbocycles. The van der Waals surface area contributed by atoms with E-state index in [9.17, 15) is 13.2 Å². The molecule has 0 radical (unpaired) electrons. The van der Waals surface area contributed by atoms with Crippen molar-refractivity contribution in [1.29, 1.82) is 5.41 Å². The fourth-order valence-electron chi connectivity index (χ4n) is 1.28. The number of hydrogen-bond acceptors (Lipinski definition) is 4. The van der Waals surface area contributed by atoms with Crippen molar-refractivity contribution in [2.45, 2.75) is 13.1 Å². The summed E-state index contributed by atoms with van der Waals surface area (Å²) in [6, 6.07) is 0.811. The van der Waals surface area contributed by atoms with Crippen LogP contribution in [0.2, 0.25) is 0 Å². The Hall–Kier alpha value is -1.86. The van der Waals surface area contributed by atoms with Crippen molar-refractivity contribution >= 4 is 11.8 Å². The van der Waals surface area contributed by atoms with Crippen molar-refractivity contribution in [2.75, 3.05) is 18.5 Å². The zero-order valence-electron chi connectivity index (χ0n) is 9.99. The molecule has 100 valence electrons. The molecule has 8 heteroatoms. The Labute approximate surface area is 102 Å². The topological polar surface area (TPSA) is 78.9 Å². The van der Waals surface area contributed by atoms with Crippen LogP contribution in [0.25, 0.3) is 0 Å². The van der Waals surface area contributed by atoms with E-state index in [2.05, 4.69) is 9.97 Å². The fourth-order valence-corrected chi connectivity index (χ4v) is 1.28. The SMILES string of the molecule is CC(CN(C)c1nccc(C(F)(F)F)n1)C(=N)N. The van der Waals surface area contributed by atoms with Crippen LogP contribution < -0.4 is 10.6 Å². The van der Waals surface area contributed by atoms with Gasteiger partial charge in [0, 0.05) is 25.7 Å². The fraction of sp³-hybridized carbons (Fsp3) is 0.500. The highest BCUT2D eigenvalue weighted by molar-refractivity contribution is 5.79. The van der Waals surface area contributed by atoms with Gasteiger partial charge < -0.3 is 10.6 Å². The molecule has 0 saturated heterocycles. The average molecular weight is 261 g/mol. The predicted octanol–water partition coefficient (Wildman–Crippen LogP) is 1.50. The molecule has 0 aromatic carbocycles. The van der Waals surface area contributed by atoms with E-state index in [-0.39, 0.29) is 24.2 Å². The van der Waals surface area contributed by atoms with E-state index in [0.29, 0.717) is 0 Å². The van der Waals surface area contributed by atoms with Crippen molar-refractivity contribution in [3.63, 3.8) is 0 Å². The first-order valence-corrected chi connectivity index (χ1v) is 5.17. The number of anilines is 1. The van der Waals surface area contributed by atoms with Crippen LogP contribution in [0.4, 0.5) is 19.1 Å². The van der Waals surface area contributed by atoms with Gasteiger partial charge in [-0.2, -0.15) is 13.2 Å². The number of nitrogens with zero attached hydrogens (tertiary/aromatic N) is 3. The third kappa shape index (κ3) is 3.57. The van der Waals surface area contributed by atoms with Gasteiger partial charge in [-0.3, -0.25) is 5.41 Å². The standard InChI is InChI=1S/C10H14F3N5/c1-6(8(14)15)5-18(2)9-16-4-3-7(17-9)10(11,12)13/h3-4,6H,5H2,1-2H3,(H3,14,15). The summed E-state index contributed by atoms with van der Waals surface area (Å²) in [6.45, 7) is 1.98. The molecule has 1 heterocycles. The lowest BCUT2D eigenvalue weighted by molar-refractivity contribution is -0.141. The van der Waals surface area contributed by atoms with Gasteiger partial charge in [0.15, 0.2) is 0 Å². The van der Waals surface area contributed by atoms with Gasteiger partial charge in [0.1, 0.15) is 5.69 Å². The minimum absolute atomic E-state index is 0.0335. The maximum atomic E-state index is 12.5. The normalized spacial score (nSPS) is 13.2. The van der Waals surface area contributed by atoms with Gasteiger partial charge in [-0.25, -0.2) is 9.97 Å². The lowest BCUT2D eigenvalue weighted by atomic mass is 10.1. The molecule has 0 spiro atoms. The second-order valence-corrected chi connectivity index (χ2v) is 3.98. The number of rotatable bonds is 4. The van der Waals surface area contributed by atoms with Crippen LogP contribution in [0.5, 0.6) is 0 Å². The molecule has 1 rings (SSSR count). The zero-order valence-corrected chi connectivity index (χ0v) is 9.99. The summed E-state index contributed by atoms with van der Waals surface area (Å²) in [5.74, 6) is -0.361. The molecule has 3 N–H and O–H groups in total. The smallest absolute Gasteiger partial charge is 0.387 e. The third-order valence-corrected chi connectivity index (χ3v) is 2.35. The van der Waals surface area contributed by atoms with Gasteiger partial charge in [-0.15, -0.1) is 0 Å². The van der Waals surface area contributed by atoms with Gasteiger partial charge in [-0.1, -0.05) is 6.92 Å². The van der Waals surface area contributed by atoms with Crippen molar-refractivity contribution in [2.24, 2.45) is 11.7 Å². The summed E-state index contributed by atoms with van der Waals surface area (Å²) >= 11 is 0. The Morgan fingerprint density at radius 1 is 1.56 bits per heavy atom. The number of aromatic nitrogens is 2. The third-order valence-electron chi connectivity index (χ3n) is 2.35. The Balaban J connectivity index is 2.87. The largest absolute Gasteiger partial charge is 0.433 e. The maximum Gasteiger partial charge on any atom is 0.433 e. The molecular weight excluding hydrogens is 247 g/mol. The Bertz CT molecular complexity index is 432. The highest BCUT2D eigenvalue weighted by atomic mass is 19.4. The van der Waals surface area contributed by atoms with Crippen LogP contribution in [-0.4, -0.2) is 29.4 Å². The molecule has 18 heavy (non-hydrogen) atoms. The first-order chi connectivity index (χ1) is 8.21. The summed E-state index contributed by atoms with van der Waals surface area (Å²) in [5, 5.41) is 7.23. The molecule has 0 aliphatic rings. The van der Waals surface area contributed by atoms with Gasteiger partial charge in [0.05, 0.1) is 5.84 Å². The molecule has 1 unspecified atom stereocenters. The van der Waals surface area contributed by atoms with Crippen LogP contribution in [-0.2, 0) is 6.18 Å². The summed E-state index contributed by atoms with van der Waals surface area (Å²) in [4.78, 5) is 8.64. The molecule has 0 aliphatic carbocycles. The number of hydrogen-bond donors (Lipinski definition) is 2. The average Bonchev–Trinajstić information content (AvgIpc) is 2.27. The van der Waals surface area contributed by atoms with E-state index in [1.54, 1.807) is 14.0 Å². The predicted molar refractivity (Wildman–Crippen MR) is 61.4 cm³/mol. The lowest BCUT2D eigenvalue weighted by Gasteiger charge is -2.21. The quantitative estimate of drug-likeness (QED) is 0.636. The molecule has 0 bridgehead atoms. The minimum Gasteiger partial charge on any atom is -0.387 e. The van der Waals surface area contributed by atoms with E-state index in [1.165, 1.54) is 4.90 Å². The van der Waals surface area contributed by atoms with Crippen molar-refractivity contribution in [3.05, 3.63) is 18.0 Å². The van der Waals surface area contributed by atoms with Crippen molar-refractivity contribution in [3.8, 4) is 0 Å². The lowest BCUT2D eigenvalue weighted by Crippen LogP contribution is -2.33. The molecule has 1 aromatic heterocycles. The van der Waals surface area contributed by atoms with Gasteiger partial charge in [0.2, 0.25) is 5.95 Å². The van der Waals surface area contributed by atoms with Crippen LogP contribution in [0.15, 0.2) is 12.3 Å². The summed E-state index contributed by atoms with van der Waals surface area (Å²) < 4.78 is 37.4. The summed E-state index contributed by atoms with van der Waals surface area (Å²) in [5.41, 5.74) is 4.31. The first-order valence-electron chi connectivity index (χ1n) is 5.17. The monoisotopic (exact) mass is 261 g/mol. The molecule has 5 nitrogen and oxygen atoms in total. The molecule has 0 fully saturated rings. The molecule has 1 atom stereocenters. The maximum absolute atomic E-state index is 12.5. The molecular formula is C10H14F3N5. The molecule has 0 aliphatic heterocycles. The van der Waals surface area contributed by atoms with Gasteiger partial charge in [0.25, 0.3) is 0 Å². The molecule has 1 aromatic rings. The van der Waals surface area contributed by atoms with E-state index in [4.69, 9.17) is 11.1 Å². The second-order valence-electron chi connectivity index (χ2n) is 3.98.